The molecule has 0 aliphatic rings. The molecule has 0 unspecified atom stereocenters. The zero-order chi connectivity index (χ0) is 14.8. The largest absolute Gasteiger partial charge is 0.478 e. The highest BCUT2D eigenvalue weighted by Crippen LogP contribution is 2.34. The van der Waals surface area contributed by atoms with Crippen molar-refractivity contribution in [3.05, 3.63) is 34.9 Å². The standard InChI is InChI=1S/C14H17F3O2/c1-13(2,3)7-6-9-4-5-10(12(18)19)8-11(9)14(15,16)17/h4-5,8H,6-7H2,1-3H3,(H,18,19). The van der Waals surface area contributed by atoms with Gasteiger partial charge in [-0.1, -0.05) is 26.8 Å². The summed E-state index contributed by atoms with van der Waals surface area (Å²) in [5, 5.41) is 8.76. The first kappa shape index (κ1) is 15.5. The van der Waals surface area contributed by atoms with Crippen molar-refractivity contribution in [3.63, 3.8) is 0 Å². The van der Waals surface area contributed by atoms with Gasteiger partial charge < -0.3 is 5.11 Å². The molecule has 0 saturated heterocycles. The van der Waals surface area contributed by atoms with Crippen LogP contribution >= 0.6 is 0 Å². The summed E-state index contributed by atoms with van der Waals surface area (Å²) in [4.78, 5) is 10.7. The van der Waals surface area contributed by atoms with E-state index in [0.717, 1.165) is 0 Å². The number of hydrogen-bond acceptors (Lipinski definition) is 1. The van der Waals surface area contributed by atoms with Gasteiger partial charge >= 0.3 is 12.1 Å². The van der Waals surface area contributed by atoms with Crippen molar-refractivity contribution in [3.8, 4) is 0 Å². The van der Waals surface area contributed by atoms with Gasteiger partial charge in [-0.25, -0.2) is 4.79 Å². The van der Waals surface area contributed by atoms with Crippen LogP contribution in [-0.2, 0) is 12.6 Å². The van der Waals surface area contributed by atoms with Crippen LogP contribution in [0.2, 0.25) is 0 Å². The number of carbonyl (C=O) groups is 1. The third-order valence-corrected chi connectivity index (χ3v) is 2.81. The molecule has 0 aliphatic carbocycles. The van der Waals surface area contributed by atoms with Crippen molar-refractivity contribution in [1.29, 1.82) is 0 Å². The van der Waals surface area contributed by atoms with Gasteiger partial charge in [0.25, 0.3) is 0 Å². The molecule has 2 nitrogen and oxygen atoms in total. The average Bonchev–Trinajstić information content (AvgIpc) is 2.23. The summed E-state index contributed by atoms with van der Waals surface area (Å²) < 4.78 is 38.8. The SMILES string of the molecule is CC(C)(C)CCc1ccc(C(=O)O)cc1C(F)(F)F. The summed E-state index contributed by atoms with van der Waals surface area (Å²) in [5.41, 5.74) is -1.12. The van der Waals surface area contributed by atoms with E-state index in [1.165, 1.54) is 12.1 Å². The predicted molar refractivity (Wildman–Crippen MR) is 66.2 cm³/mol. The first-order chi connectivity index (χ1) is 8.50. The van der Waals surface area contributed by atoms with Crippen molar-refractivity contribution in [2.24, 2.45) is 5.41 Å². The fourth-order valence-electron chi connectivity index (χ4n) is 1.70. The number of rotatable bonds is 3. The lowest BCUT2D eigenvalue weighted by atomic mass is 9.87. The third kappa shape index (κ3) is 4.58. The summed E-state index contributed by atoms with van der Waals surface area (Å²) in [6.45, 7) is 5.85. The van der Waals surface area contributed by atoms with Gasteiger partial charge in [0.05, 0.1) is 11.1 Å². The maximum absolute atomic E-state index is 12.9. The van der Waals surface area contributed by atoms with E-state index in [9.17, 15) is 18.0 Å². The van der Waals surface area contributed by atoms with Gasteiger partial charge in [-0.15, -0.1) is 0 Å². The first-order valence-corrected chi connectivity index (χ1v) is 5.94. The second-order valence-electron chi connectivity index (χ2n) is 5.74. The quantitative estimate of drug-likeness (QED) is 0.888. The second-order valence-corrected chi connectivity index (χ2v) is 5.74. The molecule has 106 valence electrons. The number of halogens is 3. The smallest absolute Gasteiger partial charge is 0.416 e. The minimum atomic E-state index is -4.53. The van der Waals surface area contributed by atoms with Crippen molar-refractivity contribution in [1.82, 2.24) is 0 Å². The highest BCUT2D eigenvalue weighted by Gasteiger charge is 2.34. The molecule has 0 radical (unpaired) electrons. The van der Waals surface area contributed by atoms with Crippen molar-refractivity contribution < 1.29 is 23.1 Å². The molecule has 19 heavy (non-hydrogen) atoms. The normalized spacial score (nSPS) is 12.5. The number of alkyl halides is 3. The molecule has 0 bridgehead atoms. The number of carboxylic acid groups (broad SMARTS) is 1. The molecular formula is C14H17F3O2. The lowest BCUT2D eigenvalue weighted by Gasteiger charge is -2.20. The van der Waals surface area contributed by atoms with Crippen LogP contribution in [0, 0.1) is 5.41 Å². The first-order valence-electron chi connectivity index (χ1n) is 5.94. The molecule has 0 amide bonds. The molecule has 1 N–H and O–H groups in total. The zero-order valence-electron chi connectivity index (χ0n) is 11.1. The third-order valence-electron chi connectivity index (χ3n) is 2.81. The Hall–Kier alpha value is -1.52. The molecule has 0 fully saturated rings. The summed E-state index contributed by atoms with van der Waals surface area (Å²) in [6, 6.07) is 3.19. The molecular weight excluding hydrogens is 257 g/mol. The number of hydrogen-bond donors (Lipinski definition) is 1. The Bertz CT molecular complexity index is 471. The molecule has 0 heterocycles. The Kier molecular flexibility index (Phi) is 4.28. The van der Waals surface area contributed by atoms with Gasteiger partial charge in [-0.05, 0) is 36.0 Å². The fourth-order valence-corrected chi connectivity index (χ4v) is 1.70. The van der Waals surface area contributed by atoms with Gasteiger partial charge in [-0.2, -0.15) is 13.2 Å². The summed E-state index contributed by atoms with van der Waals surface area (Å²) >= 11 is 0. The van der Waals surface area contributed by atoms with Gasteiger partial charge in [-0.3, -0.25) is 0 Å². The van der Waals surface area contributed by atoms with Crippen LogP contribution in [0.3, 0.4) is 0 Å². The molecule has 1 aromatic carbocycles. The Balaban J connectivity index is 3.13. The predicted octanol–water partition coefficient (Wildman–Crippen LogP) is 4.38. The molecule has 1 aromatic rings. The minimum Gasteiger partial charge on any atom is -0.478 e. The Morgan fingerprint density at radius 1 is 1.21 bits per heavy atom. The van der Waals surface area contributed by atoms with E-state index in [1.807, 2.05) is 20.8 Å². The average molecular weight is 274 g/mol. The van der Waals surface area contributed by atoms with Crippen LogP contribution in [0.25, 0.3) is 0 Å². The van der Waals surface area contributed by atoms with E-state index in [2.05, 4.69) is 0 Å². The molecule has 0 aliphatic heterocycles. The van der Waals surface area contributed by atoms with E-state index in [4.69, 9.17) is 5.11 Å². The van der Waals surface area contributed by atoms with Crippen molar-refractivity contribution in [2.75, 3.05) is 0 Å². The number of aromatic carboxylic acids is 1. The topological polar surface area (TPSA) is 37.3 Å². The van der Waals surface area contributed by atoms with Crippen LogP contribution in [-0.4, -0.2) is 11.1 Å². The lowest BCUT2D eigenvalue weighted by Crippen LogP contribution is -2.14. The number of aryl methyl sites for hydroxylation is 1. The summed E-state index contributed by atoms with van der Waals surface area (Å²) in [5.74, 6) is -1.35. The van der Waals surface area contributed by atoms with Gasteiger partial charge in [0.15, 0.2) is 0 Å². The molecule has 0 atom stereocenters. The van der Waals surface area contributed by atoms with Crippen LogP contribution < -0.4 is 0 Å². The Morgan fingerprint density at radius 3 is 2.21 bits per heavy atom. The maximum atomic E-state index is 12.9. The van der Waals surface area contributed by atoms with Crippen molar-refractivity contribution in [2.45, 2.75) is 39.8 Å². The highest BCUT2D eigenvalue weighted by atomic mass is 19.4. The second kappa shape index (κ2) is 5.23. The minimum absolute atomic E-state index is 0.0751. The molecule has 0 aromatic heterocycles. The van der Waals surface area contributed by atoms with Crippen LogP contribution in [0.15, 0.2) is 18.2 Å². The highest BCUT2D eigenvalue weighted by molar-refractivity contribution is 5.88. The van der Waals surface area contributed by atoms with E-state index in [1.54, 1.807) is 0 Å². The lowest BCUT2D eigenvalue weighted by molar-refractivity contribution is -0.138. The Labute approximate surface area is 110 Å². The molecule has 1 rings (SSSR count). The van der Waals surface area contributed by atoms with Crippen LogP contribution in [0.4, 0.5) is 13.2 Å². The monoisotopic (exact) mass is 274 g/mol. The van der Waals surface area contributed by atoms with Gasteiger partial charge in [0, 0.05) is 0 Å². The van der Waals surface area contributed by atoms with Crippen LogP contribution in [0.5, 0.6) is 0 Å². The fraction of sp³-hybridized carbons (Fsp3) is 0.500. The molecule has 5 heteroatoms. The number of carboxylic acids is 1. The molecule has 0 spiro atoms. The van der Waals surface area contributed by atoms with Gasteiger partial charge in [0.1, 0.15) is 0 Å². The summed E-state index contributed by atoms with van der Waals surface area (Å²) in [6.07, 6.45) is -3.65. The van der Waals surface area contributed by atoms with Crippen LogP contribution in [0.1, 0.15) is 48.7 Å². The van der Waals surface area contributed by atoms with E-state index in [-0.39, 0.29) is 23.0 Å². The summed E-state index contributed by atoms with van der Waals surface area (Å²) in [7, 11) is 0. The number of benzene rings is 1. The van der Waals surface area contributed by atoms with E-state index in [0.29, 0.717) is 12.5 Å². The Morgan fingerprint density at radius 2 is 1.79 bits per heavy atom. The zero-order valence-corrected chi connectivity index (χ0v) is 11.1. The van der Waals surface area contributed by atoms with Gasteiger partial charge in [0.2, 0.25) is 0 Å². The molecule has 0 saturated carbocycles. The van der Waals surface area contributed by atoms with Crippen molar-refractivity contribution >= 4 is 5.97 Å². The van der Waals surface area contributed by atoms with E-state index < -0.39 is 17.7 Å². The maximum Gasteiger partial charge on any atom is 0.416 e. The van der Waals surface area contributed by atoms with E-state index >= 15 is 0 Å².